The molecule has 0 aromatic carbocycles. The molecule has 0 aromatic heterocycles. The summed E-state index contributed by atoms with van der Waals surface area (Å²) in [7, 11) is 0. The van der Waals surface area contributed by atoms with Crippen molar-refractivity contribution < 1.29 is 14.6 Å². The van der Waals surface area contributed by atoms with E-state index in [2.05, 4.69) is 11.8 Å². The van der Waals surface area contributed by atoms with Crippen LogP contribution >= 0.6 is 0 Å². The van der Waals surface area contributed by atoms with Crippen molar-refractivity contribution in [3.8, 4) is 24.7 Å². The molecule has 0 fully saturated rings. The van der Waals surface area contributed by atoms with Crippen LogP contribution in [-0.2, 0) is 9.47 Å². The van der Waals surface area contributed by atoms with Gasteiger partial charge in [-0.3, -0.25) is 0 Å². The zero-order chi connectivity index (χ0) is 11.9. The molecule has 0 aliphatic carbocycles. The number of rotatable bonds is 6. The van der Waals surface area contributed by atoms with Crippen molar-refractivity contribution in [2.75, 3.05) is 19.8 Å². The fourth-order valence-electron chi connectivity index (χ4n) is 0.631. The first kappa shape index (κ1) is 16.4. The van der Waals surface area contributed by atoms with Crippen LogP contribution in [0, 0.1) is 24.7 Å². The topological polar surface area (TPSA) is 38.7 Å². The maximum Gasteiger partial charge on any atom is 0.154 e. The van der Waals surface area contributed by atoms with Gasteiger partial charge in [0.15, 0.2) is 6.29 Å². The molecule has 0 radical (unpaired) electrons. The van der Waals surface area contributed by atoms with E-state index in [4.69, 9.17) is 27.4 Å². The number of terminal acetylenes is 2. The molecule has 1 N–H and O–H groups in total. The minimum atomic E-state index is -0.127. The zero-order valence-electron chi connectivity index (χ0n) is 9.53. The Kier molecular flexibility index (Phi) is 16.9. The van der Waals surface area contributed by atoms with Gasteiger partial charge in [0.2, 0.25) is 0 Å². The molecule has 0 aromatic rings. The molecule has 0 rings (SSSR count). The van der Waals surface area contributed by atoms with Crippen LogP contribution in [0.2, 0.25) is 0 Å². The number of ether oxygens (including phenoxy) is 2. The Morgan fingerprint density at radius 1 is 1.20 bits per heavy atom. The molecule has 0 saturated carbocycles. The average Bonchev–Trinajstić information content (AvgIpc) is 2.21. The Morgan fingerprint density at radius 3 is 2.13 bits per heavy atom. The van der Waals surface area contributed by atoms with Crippen molar-refractivity contribution in [1.82, 2.24) is 0 Å². The molecule has 0 saturated heterocycles. The lowest BCUT2D eigenvalue weighted by Gasteiger charge is -2.10. The van der Waals surface area contributed by atoms with Gasteiger partial charge in [0.25, 0.3) is 0 Å². The van der Waals surface area contributed by atoms with Gasteiger partial charge in [0.05, 0.1) is 13.2 Å². The van der Waals surface area contributed by atoms with E-state index < -0.39 is 0 Å². The lowest BCUT2D eigenvalue weighted by molar-refractivity contribution is -0.125. The lowest BCUT2D eigenvalue weighted by atomic mass is 10.5. The monoisotopic (exact) mass is 212 g/mol. The lowest BCUT2D eigenvalue weighted by Crippen LogP contribution is -2.13. The molecule has 0 heterocycles. The second-order valence-corrected chi connectivity index (χ2v) is 2.53. The highest BCUT2D eigenvalue weighted by Gasteiger charge is 1.97. The summed E-state index contributed by atoms with van der Waals surface area (Å²) in [6, 6.07) is 0. The standard InChI is InChI=1S/C8H14O2.C4H6O/c1-4-6-7-10-8(3)9-5-2;1-2-3-4-5/h1,8H,5-7H2,2-3H3;1,5H,3-4H2. The molecule has 3 heteroatoms. The first-order valence-corrected chi connectivity index (χ1v) is 4.93. The van der Waals surface area contributed by atoms with Crippen molar-refractivity contribution >= 4 is 0 Å². The van der Waals surface area contributed by atoms with Crippen LogP contribution in [0.3, 0.4) is 0 Å². The van der Waals surface area contributed by atoms with Crippen molar-refractivity contribution in [3.05, 3.63) is 0 Å². The number of hydrogen-bond donors (Lipinski definition) is 1. The summed E-state index contributed by atoms with van der Waals surface area (Å²) < 4.78 is 10.3. The van der Waals surface area contributed by atoms with Gasteiger partial charge in [-0.2, -0.15) is 0 Å². The Hall–Kier alpha value is -1.00. The minimum absolute atomic E-state index is 0.108. The smallest absolute Gasteiger partial charge is 0.154 e. The van der Waals surface area contributed by atoms with E-state index >= 15 is 0 Å². The van der Waals surface area contributed by atoms with Crippen molar-refractivity contribution in [2.45, 2.75) is 33.0 Å². The molecule has 15 heavy (non-hydrogen) atoms. The van der Waals surface area contributed by atoms with Gasteiger partial charge in [0, 0.05) is 19.4 Å². The van der Waals surface area contributed by atoms with Gasteiger partial charge in [-0.25, -0.2) is 0 Å². The molecule has 0 aliphatic heterocycles. The van der Waals surface area contributed by atoms with E-state index in [0.29, 0.717) is 26.1 Å². The van der Waals surface area contributed by atoms with Gasteiger partial charge >= 0.3 is 0 Å². The molecular formula is C12H20O3. The molecule has 86 valence electrons. The first-order chi connectivity index (χ1) is 7.22. The van der Waals surface area contributed by atoms with Crippen LogP contribution in [-0.4, -0.2) is 31.2 Å². The Balaban J connectivity index is 0. The van der Waals surface area contributed by atoms with Gasteiger partial charge in [0.1, 0.15) is 0 Å². The highest BCUT2D eigenvalue weighted by atomic mass is 16.7. The van der Waals surface area contributed by atoms with Crippen LogP contribution in [0.5, 0.6) is 0 Å². The van der Waals surface area contributed by atoms with E-state index in [1.807, 2.05) is 13.8 Å². The third-order valence-corrected chi connectivity index (χ3v) is 1.26. The van der Waals surface area contributed by atoms with Crippen molar-refractivity contribution in [3.63, 3.8) is 0 Å². The maximum absolute atomic E-state index is 7.92. The van der Waals surface area contributed by atoms with Crippen LogP contribution in [0.25, 0.3) is 0 Å². The predicted octanol–water partition coefficient (Wildman–Crippen LogP) is 1.41. The zero-order valence-corrected chi connectivity index (χ0v) is 9.53. The molecule has 0 bridgehead atoms. The van der Waals surface area contributed by atoms with E-state index in [1.54, 1.807) is 0 Å². The molecule has 1 unspecified atom stereocenters. The van der Waals surface area contributed by atoms with Crippen LogP contribution in [0.15, 0.2) is 0 Å². The molecular weight excluding hydrogens is 192 g/mol. The summed E-state index contributed by atoms with van der Waals surface area (Å²) in [4.78, 5) is 0. The molecule has 0 amide bonds. The summed E-state index contributed by atoms with van der Waals surface area (Å²) in [5.41, 5.74) is 0. The normalized spacial score (nSPS) is 10.5. The van der Waals surface area contributed by atoms with Crippen molar-refractivity contribution in [2.24, 2.45) is 0 Å². The maximum atomic E-state index is 7.92. The fourth-order valence-corrected chi connectivity index (χ4v) is 0.631. The Morgan fingerprint density at radius 2 is 1.80 bits per heavy atom. The highest BCUT2D eigenvalue weighted by molar-refractivity contribution is 4.82. The number of aliphatic hydroxyl groups excluding tert-OH is 1. The van der Waals surface area contributed by atoms with Crippen LogP contribution < -0.4 is 0 Å². The number of hydrogen-bond acceptors (Lipinski definition) is 3. The quantitative estimate of drug-likeness (QED) is 0.411. The van der Waals surface area contributed by atoms with Gasteiger partial charge < -0.3 is 14.6 Å². The summed E-state index contributed by atoms with van der Waals surface area (Å²) >= 11 is 0. The SMILES string of the molecule is C#CCCO.C#CCCOC(C)OCC. The second kappa shape index (κ2) is 15.5. The van der Waals surface area contributed by atoms with E-state index in [1.165, 1.54) is 0 Å². The Labute approximate surface area is 92.8 Å². The predicted molar refractivity (Wildman–Crippen MR) is 61.0 cm³/mol. The highest BCUT2D eigenvalue weighted by Crippen LogP contribution is 1.93. The third kappa shape index (κ3) is 19.4. The van der Waals surface area contributed by atoms with Crippen LogP contribution in [0.1, 0.15) is 26.7 Å². The van der Waals surface area contributed by atoms with E-state index in [9.17, 15) is 0 Å². The third-order valence-electron chi connectivity index (χ3n) is 1.26. The fraction of sp³-hybridized carbons (Fsp3) is 0.667. The molecule has 3 nitrogen and oxygen atoms in total. The summed E-state index contributed by atoms with van der Waals surface area (Å²) in [6.07, 6.45) is 10.7. The van der Waals surface area contributed by atoms with Gasteiger partial charge in [-0.05, 0) is 13.8 Å². The largest absolute Gasteiger partial charge is 0.395 e. The summed E-state index contributed by atoms with van der Waals surface area (Å²) in [6.45, 7) is 5.16. The van der Waals surface area contributed by atoms with E-state index in [0.717, 1.165) is 0 Å². The van der Waals surface area contributed by atoms with Gasteiger partial charge in [-0.1, -0.05) is 0 Å². The molecule has 0 aliphatic rings. The first-order valence-electron chi connectivity index (χ1n) is 4.93. The average molecular weight is 212 g/mol. The Bertz CT molecular complexity index is 188. The second-order valence-electron chi connectivity index (χ2n) is 2.53. The summed E-state index contributed by atoms with van der Waals surface area (Å²) in [5.74, 6) is 4.75. The van der Waals surface area contributed by atoms with E-state index in [-0.39, 0.29) is 12.9 Å². The van der Waals surface area contributed by atoms with Crippen LogP contribution in [0.4, 0.5) is 0 Å². The number of aliphatic hydroxyl groups is 1. The summed E-state index contributed by atoms with van der Waals surface area (Å²) in [5, 5.41) is 7.92. The van der Waals surface area contributed by atoms with Crippen molar-refractivity contribution in [1.29, 1.82) is 0 Å². The molecule has 0 spiro atoms. The minimum Gasteiger partial charge on any atom is -0.395 e. The van der Waals surface area contributed by atoms with Gasteiger partial charge in [-0.15, -0.1) is 24.7 Å². The molecule has 1 atom stereocenters.